The van der Waals surface area contributed by atoms with Crippen LogP contribution in [0.2, 0.25) is 0 Å². The van der Waals surface area contributed by atoms with Gasteiger partial charge in [-0.05, 0) is 67.7 Å². The van der Waals surface area contributed by atoms with Crippen LogP contribution < -0.4 is 0 Å². The van der Waals surface area contributed by atoms with Crippen LogP contribution in [0.3, 0.4) is 0 Å². The van der Waals surface area contributed by atoms with Crippen molar-refractivity contribution in [1.29, 1.82) is 0 Å². The van der Waals surface area contributed by atoms with Crippen molar-refractivity contribution in [2.45, 2.75) is 72.8 Å². The molecule has 4 nitrogen and oxygen atoms in total. The number of carbonyl (C=O) groups excluding carboxylic acids is 1. The van der Waals surface area contributed by atoms with Crippen molar-refractivity contribution in [3.8, 4) is 0 Å². The van der Waals surface area contributed by atoms with Crippen LogP contribution in [-0.2, 0) is 11.2 Å². The Bertz CT molecular complexity index is 987. The van der Waals surface area contributed by atoms with Crippen molar-refractivity contribution >= 4 is 28.2 Å². The molecule has 0 N–H and O–H groups in total. The molecule has 5 heteroatoms. The predicted molar refractivity (Wildman–Crippen MR) is 135 cm³/mol. The Kier molecular flexibility index (Phi) is 9.06. The number of rotatable bonds is 13. The third-order valence-corrected chi connectivity index (χ3v) is 7.02. The molecule has 2 aromatic heterocycles. The first-order chi connectivity index (χ1) is 15.5. The number of hydrogen-bond acceptors (Lipinski definition) is 4. The maximum atomic E-state index is 13.1. The Morgan fingerprint density at radius 3 is 2.56 bits per heavy atom. The number of ketones is 1. The van der Waals surface area contributed by atoms with Crippen LogP contribution in [-0.4, -0.2) is 28.5 Å². The summed E-state index contributed by atoms with van der Waals surface area (Å²) in [6, 6.07) is 10.8. The molecule has 0 aliphatic rings. The third kappa shape index (κ3) is 6.08. The van der Waals surface area contributed by atoms with Gasteiger partial charge in [-0.15, -0.1) is 11.3 Å². The number of aromatic nitrogens is 2. The number of nitrogens with zero attached hydrogens (tertiary/aromatic N) is 2. The van der Waals surface area contributed by atoms with E-state index in [1.807, 2.05) is 19.1 Å². The fourth-order valence-corrected chi connectivity index (χ4v) is 5.32. The van der Waals surface area contributed by atoms with Gasteiger partial charge in [0, 0.05) is 42.5 Å². The number of imidazole rings is 1. The summed E-state index contributed by atoms with van der Waals surface area (Å²) in [5.74, 6) is 2.09. The highest BCUT2D eigenvalue weighted by atomic mass is 32.1. The third-order valence-electron chi connectivity index (χ3n) is 6.14. The Morgan fingerprint density at radius 1 is 1.16 bits per heavy atom. The van der Waals surface area contributed by atoms with E-state index >= 15 is 0 Å². The van der Waals surface area contributed by atoms with Gasteiger partial charge in [-0.2, -0.15) is 0 Å². The largest absolute Gasteiger partial charge is 0.381 e. The van der Waals surface area contributed by atoms with Gasteiger partial charge in [-0.1, -0.05) is 33.8 Å². The van der Waals surface area contributed by atoms with Gasteiger partial charge in [-0.3, -0.25) is 4.79 Å². The molecule has 0 bridgehead atoms. The molecule has 0 aliphatic heterocycles. The van der Waals surface area contributed by atoms with Crippen molar-refractivity contribution in [3.05, 3.63) is 52.0 Å². The number of benzene rings is 1. The van der Waals surface area contributed by atoms with Gasteiger partial charge in [0.1, 0.15) is 5.82 Å². The number of carbonyl (C=O) groups is 1. The van der Waals surface area contributed by atoms with Crippen LogP contribution in [0.4, 0.5) is 0 Å². The average molecular weight is 455 g/mol. The number of Topliss-reactive ketones (excluding diaryl/α,β-unsaturated/α-hetero) is 1. The van der Waals surface area contributed by atoms with E-state index in [1.165, 1.54) is 4.88 Å². The molecule has 174 valence electrons. The quantitative estimate of drug-likeness (QED) is 0.254. The Balaban J connectivity index is 1.90. The number of ether oxygens (including phenoxy) is 1. The summed E-state index contributed by atoms with van der Waals surface area (Å²) in [6.07, 6.45) is 4.49. The van der Waals surface area contributed by atoms with Gasteiger partial charge in [0.05, 0.1) is 11.0 Å². The summed E-state index contributed by atoms with van der Waals surface area (Å²) in [7, 11) is 0. The van der Waals surface area contributed by atoms with Crippen molar-refractivity contribution in [2.24, 2.45) is 11.8 Å². The van der Waals surface area contributed by atoms with E-state index in [0.717, 1.165) is 48.1 Å². The summed E-state index contributed by atoms with van der Waals surface area (Å²) >= 11 is 1.77. The molecule has 1 aromatic carbocycles. The monoisotopic (exact) mass is 454 g/mol. The summed E-state index contributed by atoms with van der Waals surface area (Å²) in [5.41, 5.74) is 2.83. The highest BCUT2D eigenvalue weighted by molar-refractivity contribution is 7.09. The lowest BCUT2D eigenvalue weighted by atomic mass is 9.91. The standard InChI is InChI=1S/C27H38N2O2S/c1-6-22(7-2)29-25-12-11-21(26(30)15-20(14-19(4)5)18-31-8-3)16-24(25)28-27(29)17-23-10-9-13-32-23/h9-13,16,19-20,22H,6-8,14-15,17-18H2,1-5H3/t20-/m1/s1. The van der Waals surface area contributed by atoms with Gasteiger partial charge in [-0.25, -0.2) is 4.98 Å². The summed E-state index contributed by atoms with van der Waals surface area (Å²) in [6.45, 7) is 12.2. The second-order valence-electron chi connectivity index (χ2n) is 9.11. The highest BCUT2D eigenvalue weighted by Crippen LogP contribution is 2.29. The number of hydrogen-bond donors (Lipinski definition) is 0. The van der Waals surface area contributed by atoms with Crippen LogP contribution in [0.25, 0.3) is 11.0 Å². The normalized spacial score (nSPS) is 12.8. The maximum Gasteiger partial charge on any atom is 0.163 e. The molecule has 0 saturated heterocycles. The molecule has 0 fully saturated rings. The van der Waals surface area contributed by atoms with Gasteiger partial charge >= 0.3 is 0 Å². The second kappa shape index (κ2) is 11.8. The van der Waals surface area contributed by atoms with Crippen molar-refractivity contribution in [3.63, 3.8) is 0 Å². The average Bonchev–Trinajstić information content (AvgIpc) is 3.40. The number of fused-ring (bicyclic) bond motifs is 1. The molecule has 3 rings (SSSR count). The molecule has 32 heavy (non-hydrogen) atoms. The summed E-state index contributed by atoms with van der Waals surface area (Å²) in [4.78, 5) is 19.5. The van der Waals surface area contributed by atoms with Gasteiger partial charge in [0.2, 0.25) is 0 Å². The van der Waals surface area contributed by atoms with E-state index in [2.05, 4.69) is 55.8 Å². The minimum Gasteiger partial charge on any atom is -0.381 e. The van der Waals surface area contributed by atoms with E-state index in [-0.39, 0.29) is 11.7 Å². The van der Waals surface area contributed by atoms with Crippen molar-refractivity contribution in [1.82, 2.24) is 9.55 Å². The first kappa shape index (κ1) is 24.7. The zero-order valence-corrected chi connectivity index (χ0v) is 21.1. The van der Waals surface area contributed by atoms with Crippen molar-refractivity contribution < 1.29 is 9.53 Å². The minimum atomic E-state index is 0.189. The Labute approximate surface area is 197 Å². The molecular formula is C27H38N2O2S. The molecule has 0 radical (unpaired) electrons. The SMILES string of the molecule is CCOC[C@@H](CC(=O)c1ccc2c(c1)nc(Cc1cccs1)n2C(CC)CC)CC(C)C. The van der Waals surface area contributed by atoms with E-state index < -0.39 is 0 Å². The van der Waals surface area contributed by atoms with E-state index in [0.29, 0.717) is 31.6 Å². The van der Waals surface area contributed by atoms with Crippen LogP contribution in [0, 0.1) is 11.8 Å². The summed E-state index contributed by atoms with van der Waals surface area (Å²) < 4.78 is 8.06. The van der Waals surface area contributed by atoms with Gasteiger partial charge in [0.15, 0.2) is 5.78 Å². The molecule has 2 heterocycles. The lowest BCUT2D eigenvalue weighted by molar-refractivity contribution is 0.0801. The summed E-state index contributed by atoms with van der Waals surface area (Å²) in [5, 5.41) is 2.12. The lowest BCUT2D eigenvalue weighted by Gasteiger charge is -2.19. The fourth-order valence-electron chi connectivity index (χ4n) is 4.62. The topological polar surface area (TPSA) is 44.1 Å². The van der Waals surface area contributed by atoms with Crippen LogP contribution >= 0.6 is 11.3 Å². The zero-order valence-electron chi connectivity index (χ0n) is 20.3. The maximum absolute atomic E-state index is 13.1. The van der Waals surface area contributed by atoms with Gasteiger partial charge < -0.3 is 9.30 Å². The highest BCUT2D eigenvalue weighted by Gasteiger charge is 2.21. The van der Waals surface area contributed by atoms with Crippen LogP contribution in [0.1, 0.15) is 87.4 Å². The van der Waals surface area contributed by atoms with E-state index in [9.17, 15) is 4.79 Å². The molecule has 1 atom stereocenters. The first-order valence-electron chi connectivity index (χ1n) is 12.1. The van der Waals surface area contributed by atoms with Crippen LogP contribution in [0.5, 0.6) is 0 Å². The molecular weight excluding hydrogens is 416 g/mol. The molecule has 3 aromatic rings. The fraction of sp³-hybridized carbons (Fsp3) is 0.556. The zero-order chi connectivity index (χ0) is 23.1. The predicted octanol–water partition coefficient (Wildman–Crippen LogP) is 7.32. The van der Waals surface area contributed by atoms with Crippen molar-refractivity contribution in [2.75, 3.05) is 13.2 Å². The molecule has 0 amide bonds. The Hall–Kier alpha value is -1.98. The second-order valence-corrected chi connectivity index (χ2v) is 10.1. The molecule has 0 aliphatic carbocycles. The molecule has 0 spiro atoms. The lowest BCUT2D eigenvalue weighted by Crippen LogP contribution is -2.17. The van der Waals surface area contributed by atoms with Crippen LogP contribution in [0.15, 0.2) is 35.7 Å². The smallest absolute Gasteiger partial charge is 0.163 e. The van der Waals surface area contributed by atoms with E-state index in [4.69, 9.17) is 9.72 Å². The minimum absolute atomic E-state index is 0.189. The van der Waals surface area contributed by atoms with E-state index in [1.54, 1.807) is 11.3 Å². The first-order valence-corrected chi connectivity index (χ1v) is 13.0. The molecule has 0 unspecified atom stereocenters. The van der Waals surface area contributed by atoms with Gasteiger partial charge in [0.25, 0.3) is 0 Å². The Morgan fingerprint density at radius 2 is 1.94 bits per heavy atom. The molecule has 0 saturated carbocycles. The number of thiophene rings is 1.